The Morgan fingerprint density at radius 3 is 2.29 bits per heavy atom. The standard InChI is InChI=1S/C11H9Cl3N2.ClH/c12-9-3-1-8(2-4-9)10(13)11(14)16-6-5-15-7-16;/h1-7,10-11H;1H. The Kier molecular flexibility index (Phi) is 5.60. The highest BCUT2D eigenvalue weighted by atomic mass is 35.5. The molecule has 0 bridgehead atoms. The zero-order valence-electron chi connectivity index (χ0n) is 8.63. The lowest BCUT2D eigenvalue weighted by molar-refractivity contribution is 0.645. The summed E-state index contributed by atoms with van der Waals surface area (Å²) >= 11 is 18.3. The SMILES string of the molecule is Cl.Clc1ccc(C(Cl)C(Cl)n2ccnc2)cc1. The quantitative estimate of drug-likeness (QED) is 0.753. The third kappa shape index (κ3) is 3.52. The largest absolute Gasteiger partial charge is 0.319 e. The van der Waals surface area contributed by atoms with E-state index in [1.807, 2.05) is 12.1 Å². The number of alkyl halides is 2. The molecule has 1 aromatic carbocycles. The molecule has 6 heteroatoms. The van der Waals surface area contributed by atoms with Crippen LogP contribution in [0.5, 0.6) is 0 Å². The summed E-state index contributed by atoms with van der Waals surface area (Å²) in [5.74, 6) is 0. The summed E-state index contributed by atoms with van der Waals surface area (Å²) in [6.07, 6.45) is 5.09. The predicted octanol–water partition coefficient (Wildman–Crippen LogP) is 4.68. The molecule has 17 heavy (non-hydrogen) atoms. The minimum Gasteiger partial charge on any atom is -0.319 e. The lowest BCUT2D eigenvalue weighted by Gasteiger charge is -2.17. The van der Waals surface area contributed by atoms with E-state index in [1.54, 1.807) is 35.4 Å². The molecule has 0 saturated heterocycles. The van der Waals surface area contributed by atoms with Crippen molar-refractivity contribution in [3.8, 4) is 0 Å². The zero-order chi connectivity index (χ0) is 11.5. The molecule has 0 aliphatic rings. The van der Waals surface area contributed by atoms with Crippen molar-refractivity contribution in [3.63, 3.8) is 0 Å². The molecule has 2 atom stereocenters. The number of benzene rings is 1. The van der Waals surface area contributed by atoms with E-state index >= 15 is 0 Å². The van der Waals surface area contributed by atoms with E-state index in [9.17, 15) is 0 Å². The number of imidazole rings is 1. The predicted molar refractivity (Wildman–Crippen MR) is 74.4 cm³/mol. The molecule has 0 radical (unpaired) electrons. The molecular formula is C11H10Cl4N2. The first-order valence-corrected chi connectivity index (χ1v) is 5.94. The number of aromatic nitrogens is 2. The van der Waals surface area contributed by atoms with Crippen LogP contribution in [-0.2, 0) is 0 Å². The summed E-state index contributed by atoms with van der Waals surface area (Å²) < 4.78 is 1.76. The van der Waals surface area contributed by atoms with E-state index in [0.29, 0.717) is 5.02 Å². The molecule has 2 aromatic rings. The highest BCUT2D eigenvalue weighted by Crippen LogP contribution is 2.35. The molecule has 0 fully saturated rings. The lowest BCUT2D eigenvalue weighted by Crippen LogP contribution is -2.06. The number of hydrogen-bond acceptors (Lipinski definition) is 1. The van der Waals surface area contributed by atoms with Crippen LogP contribution in [0.15, 0.2) is 43.0 Å². The summed E-state index contributed by atoms with van der Waals surface area (Å²) in [5.41, 5.74) is 0.560. The van der Waals surface area contributed by atoms with Crippen molar-refractivity contribution in [2.75, 3.05) is 0 Å². The normalized spacial score (nSPS) is 13.8. The van der Waals surface area contributed by atoms with Crippen LogP contribution in [0.3, 0.4) is 0 Å². The van der Waals surface area contributed by atoms with Gasteiger partial charge in [-0.05, 0) is 17.7 Å². The topological polar surface area (TPSA) is 17.8 Å². The van der Waals surface area contributed by atoms with Crippen molar-refractivity contribution < 1.29 is 0 Å². The number of rotatable bonds is 3. The molecule has 0 N–H and O–H groups in total. The van der Waals surface area contributed by atoms with Crippen molar-refractivity contribution in [2.45, 2.75) is 10.9 Å². The first kappa shape index (κ1) is 14.7. The second-order valence-corrected chi connectivity index (χ2v) is 4.69. The fourth-order valence-electron chi connectivity index (χ4n) is 1.37. The summed E-state index contributed by atoms with van der Waals surface area (Å²) in [6, 6.07) is 7.33. The molecule has 2 rings (SSSR count). The van der Waals surface area contributed by atoms with Crippen LogP contribution < -0.4 is 0 Å². The third-order valence-corrected chi connectivity index (χ3v) is 3.59. The maximum atomic E-state index is 6.28. The van der Waals surface area contributed by atoms with Gasteiger partial charge >= 0.3 is 0 Å². The Morgan fingerprint density at radius 1 is 1.12 bits per heavy atom. The average molecular weight is 312 g/mol. The molecule has 1 aromatic heterocycles. The Bertz CT molecular complexity index is 441. The molecule has 92 valence electrons. The Labute approximate surface area is 121 Å². The van der Waals surface area contributed by atoms with Crippen molar-refractivity contribution in [2.24, 2.45) is 0 Å². The second-order valence-electron chi connectivity index (χ2n) is 3.34. The summed E-state index contributed by atoms with van der Waals surface area (Å²) in [7, 11) is 0. The van der Waals surface area contributed by atoms with Crippen molar-refractivity contribution in [1.29, 1.82) is 0 Å². The van der Waals surface area contributed by atoms with Crippen LogP contribution in [0.1, 0.15) is 16.4 Å². The molecule has 2 unspecified atom stereocenters. The highest BCUT2D eigenvalue weighted by molar-refractivity contribution is 6.31. The van der Waals surface area contributed by atoms with E-state index in [-0.39, 0.29) is 23.3 Å². The maximum absolute atomic E-state index is 6.28. The van der Waals surface area contributed by atoms with Crippen LogP contribution in [0.25, 0.3) is 0 Å². The molecule has 0 aliphatic carbocycles. The van der Waals surface area contributed by atoms with Crippen LogP contribution in [0.4, 0.5) is 0 Å². The van der Waals surface area contributed by atoms with E-state index in [0.717, 1.165) is 5.56 Å². The third-order valence-electron chi connectivity index (χ3n) is 2.24. The van der Waals surface area contributed by atoms with Crippen LogP contribution in [0, 0.1) is 0 Å². The summed E-state index contributed by atoms with van der Waals surface area (Å²) in [6.45, 7) is 0. The fourth-order valence-corrected chi connectivity index (χ4v) is 2.03. The van der Waals surface area contributed by atoms with Gasteiger partial charge in [0, 0.05) is 17.4 Å². The summed E-state index contributed by atoms with van der Waals surface area (Å²) in [4.78, 5) is 3.93. The molecule has 0 amide bonds. The molecule has 0 aliphatic heterocycles. The fraction of sp³-hybridized carbons (Fsp3) is 0.182. The summed E-state index contributed by atoms with van der Waals surface area (Å²) in [5, 5.41) is 0.356. The van der Waals surface area contributed by atoms with Crippen LogP contribution in [-0.4, -0.2) is 9.55 Å². The van der Waals surface area contributed by atoms with E-state index in [1.165, 1.54) is 0 Å². The van der Waals surface area contributed by atoms with Crippen molar-refractivity contribution in [3.05, 3.63) is 53.6 Å². The van der Waals surface area contributed by atoms with Gasteiger partial charge in [-0.2, -0.15) is 0 Å². The van der Waals surface area contributed by atoms with Gasteiger partial charge < -0.3 is 4.57 Å². The Morgan fingerprint density at radius 2 is 1.76 bits per heavy atom. The monoisotopic (exact) mass is 310 g/mol. The molecule has 2 nitrogen and oxygen atoms in total. The van der Waals surface area contributed by atoms with E-state index in [2.05, 4.69) is 4.98 Å². The van der Waals surface area contributed by atoms with Gasteiger partial charge in [0.25, 0.3) is 0 Å². The van der Waals surface area contributed by atoms with Gasteiger partial charge in [0.2, 0.25) is 0 Å². The minimum atomic E-state index is -0.370. The maximum Gasteiger partial charge on any atom is 0.129 e. The number of halogens is 4. The van der Waals surface area contributed by atoms with Gasteiger partial charge in [0.1, 0.15) is 5.50 Å². The van der Waals surface area contributed by atoms with Crippen LogP contribution in [0.2, 0.25) is 5.02 Å². The van der Waals surface area contributed by atoms with Gasteiger partial charge in [0.05, 0.1) is 11.7 Å². The van der Waals surface area contributed by atoms with E-state index < -0.39 is 0 Å². The zero-order valence-corrected chi connectivity index (χ0v) is 11.7. The van der Waals surface area contributed by atoms with Gasteiger partial charge in [-0.3, -0.25) is 0 Å². The van der Waals surface area contributed by atoms with E-state index in [4.69, 9.17) is 34.8 Å². The molecule has 1 heterocycles. The number of nitrogens with zero attached hydrogens (tertiary/aromatic N) is 2. The first-order valence-electron chi connectivity index (χ1n) is 4.69. The van der Waals surface area contributed by atoms with Gasteiger partial charge in [-0.15, -0.1) is 24.0 Å². The number of hydrogen-bond donors (Lipinski definition) is 0. The van der Waals surface area contributed by atoms with Gasteiger partial charge in [-0.25, -0.2) is 4.98 Å². The molecule has 0 saturated carbocycles. The first-order chi connectivity index (χ1) is 7.68. The lowest BCUT2D eigenvalue weighted by atomic mass is 10.1. The average Bonchev–Trinajstić information content (AvgIpc) is 2.81. The molecule has 0 spiro atoms. The second kappa shape index (κ2) is 6.50. The molecular weight excluding hydrogens is 302 g/mol. The Hall–Kier alpha value is -0.410. The highest BCUT2D eigenvalue weighted by Gasteiger charge is 2.19. The Balaban J connectivity index is 0.00000144. The van der Waals surface area contributed by atoms with Crippen molar-refractivity contribution >= 4 is 47.2 Å². The minimum absolute atomic E-state index is 0. The van der Waals surface area contributed by atoms with Gasteiger partial charge in [0.15, 0.2) is 0 Å². The van der Waals surface area contributed by atoms with Crippen LogP contribution >= 0.6 is 47.2 Å². The van der Waals surface area contributed by atoms with Crippen molar-refractivity contribution in [1.82, 2.24) is 9.55 Å². The smallest absolute Gasteiger partial charge is 0.129 e. The van der Waals surface area contributed by atoms with Gasteiger partial charge in [-0.1, -0.05) is 35.3 Å².